The van der Waals surface area contributed by atoms with Gasteiger partial charge in [0, 0.05) is 5.25 Å². The summed E-state index contributed by atoms with van der Waals surface area (Å²) in [5.74, 6) is 0. The number of nitrogens with zero attached hydrogens (tertiary/aromatic N) is 3. The van der Waals surface area contributed by atoms with Gasteiger partial charge in [-0.25, -0.2) is 9.97 Å². The van der Waals surface area contributed by atoms with Crippen LogP contribution in [0.1, 0.15) is 13.8 Å². The summed E-state index contributed by atoms with van der Waals surface area (Å²) in [4.78, 5) is 15.2. The second-order valence-corrected chi connectivity index (χ2v) is 4.97. The van der Waals surface area contributed by atoms with Crippen LogP contribution in [0.3, 0.4) is 0 Å². The third kappa shape index (κ3) is 1.83. The van der Waals surface area contributed by atoms with Crippen LogP contribution in [0.15, 0.2) is 11.4 Å². The van der Waals surface area contributed by atoms with Gasteiger partial charge in [0.25, 0.3) is 0 Å². The van der Waals surface area contributed by atoms with E-state index in [4.69, 9.17) is 11.6 Å². The molecule has 0 atom stereocenters. The van der Waals surface area contributed by atoms with Crippen LogP contribution in [0, 0.1) is 0 Å². The first-order valence-electron chi connectivity index (χ1n) is 4.20. The fourth-order valence-electron chi connectivity index (χ4n) is 1.09. The van der Waals surface area contributed by atoms with Crippen molar-refractivity contribution in [2.24, 2.45) is 0 Å². The van der Waals surface area contributed by atoms with Crippen molar-refractivity contribution in [2.45, 2.75) is 24.1 Å². The summed E-state index contributed by atoms with van der Waals surface area (Å²) in [7, 11) is 0. The molecule has 2 aromatic rings. The zero-order valence-corrected chi connectivity index (χ0v) is 9.35. The molecule has 0 aromatic carbocycles. The zero-order chi connectivity index (χ0) is 10.1. The summed E-state index contributed by atoms with van der Waals surface area (Å²) in [5, 5.41) is 1.55. The summed E-state index contributed by atoms with van der Waals surface area (Å²) < 4.78 is 0. The van der Waals surface area contributed by atoms with E-state index >= 15 is 0 Å². The van der Waals surface area contributed by atoms with Crippen molar-refractivity contribution in [3.05, 3.63) is 11.6 Å². The predicted molar refractivity (Wildman–Crippen MR) is 57.7 cm³/mol. The molecule has 6 heteroatoms. The third-order valence-corrected chi connectivity index (χ3v) is 2.73. The molecular formula is C8H9ClN4S. The van der Waals surface area contributed by atoms with Crippen LogP contribution < -0.4 is 0 Å². The fourth-order valence-corrected chi connectivity index (χ4v) is 2.16. The van der Waals surface area contributed by atoms with Gasteiger partial charge in [0.05, 0.1) is 6.33 Å². The molecule has 0 aliphatic rings. The molecule has 0 aliphatic heterocycles. The summed E-state index contributed by atoms with van der Waals surface area (Å²) in [6.45, 7) is 4.20. The molecule has 0 aliphatic carbocycles. The number of hydrogen-bond donors (Lipinski definition) is 1. The molecule has 2 heterocycles. The van der Waals surface area contributed by atoms with E-state index in [1.807, 2.05) is 0 Å². The Bertz CT molecular complexity index is 454. The Morgan fingerprint density at radius 3 is 2.93 bits per heavy atom. The number of thioether (sulfide) groups is 1. The SMILES string of the molecule is CC(C)Sc1nc(Cl)nc2nc[nH]c12. The Morgan fingerprint density at radius 2 is 2.21 bits per heavy atom. The standard InChI is InChI=1S/C8H9ClN4S/c1-4(2)14-7-5-6(11-3-10-5)12-8(9)13-7/h3-4H,1-2H3,(H,10,11,12,13). The molecule has 0 unspecified atom stereocenters. The lowest BCUT2D eigenvalue weighted by atomic mass is 10.6. The van der Waals surface area contributed by atoms with Gasteiger partial charge in [-0.05, 0) is 11.6 Å². The van der Waals surface area contributed by atoms with Gasteiger partial charge in [-0.2, -0.15) is 4.98 Å². The van der Waals surface area contributed by atoms with Gasteiger partial charge >= 0.3 is 0 Å². The number of aromatic amines is 1. The number of nitrogens with one attached hydrogen (secondary N) is 1. The summed E-state index contributed by atoms with van der Waals surface area (Å²) >= 11 is 7.41. The topological polar surface area (TPSA) is 54.5 Å². The second kappa shape index (κ2) is 3.74. The first-order chi connectivity index (χ1) is 6.66. The van der Waals surface area contributed by atoms with Crippen molar-refractivity contribution in [1.82, 2.24) is 19.9 Å². The van der Waals surface area contributed by atoms with E-state index in [2.05, 4.69) is 33.8 Å². The quantitative estimate of drug-likeness (QED) is 0.488. The number of H-pyrrole nitrogens is 1. The van der Waals surface area contributed by atoms with Gasteiger partial charge in [-0.1, -0.05) is 13.8 Å². The van der Waals surface area contributed by atoms with E-state index in [1.165, 1.54) is 0 Å². The van der Waals surface area contributed by atoms with Crippen molar-refractivity contribution >= 4 is 34.5 Å². The normalized spacial score (nSPS) is 11.4. The summed E-state index contributed by atoms with van der Waals surface area (Å²) in [6.07, 6.45) is 1.60. The van der Waals surface area contributed by atoms with Gasteiger partial charge in [0.2, 0.25) is 5.28 Å². The zero-order valence-electron chi connectivity index (χ0n) is 7.78. The van der Waals surface area contributed by atoms with Gasteiger partial charge < -0.3 is 4.98 Å². The molecule has 0 radical (unpaired) electrons. The molecule has 2 aromatic heterocycles. The van der Waals surface area contributed by atoms with Crippen LogP contribution in [-0.2, 0) is 0 Å². The molecule has 0 saturated heterocycles. The van der Waals surface area contributed by atoms with Gasteiger partial charge in [-0.3, -0.25) is 0 Å². The molecule has 0 fully saturated rings. The monoisotopic (exact) mass is 228 g/mol. The Labute approximate surface area is 90.5 Å². The number of halogens is 1. The predicted octanol–water partition coefficient (Wildman–Crippen LogP) is 2.51. The highest BCUT2D eigenvalue weighted by molar-refractivity contribution is 8.00. The molecule has 0 amide bonds. The van der Waals surface area contributed by atoms with Crippen molar-refractivity contribution in [1.29, 1.82) is 0 Å². The Hall–Kier alpha value is -0.810. The molecule has 1 N–H and O–H groups in total. The van der Waals surface area contributed by atoms with Crippen molar-refractivity contribution in [3.8, 4) is 0 Å². The number of aromatic nitrogens is 4. The fraction of sp³-hybridized carbons (Fsp3) is 0.375. The average Bonchev–Trinajstić information content (AvgIpc) is 2.50. The minimum atomic E-state index is 0.243. The lowest BCUT2D eigenvalue weighted by Crippen LogP contribution is -1.93. The first kappa shape index (κ1) is 9.73. The Morgan fingerprint density at radius 1 is 1.43 bits per heavy atom. The van der Waals surface area contributed by atoms with Crippen LogP contribution in [0.4, 0.5) is 0 Å². The van der Waals surface area contributed by atoms with Crippen LogP contribution in [0.2, 0.25) is 5.28 Å². The van der Waals surface area contributed by atoms with Crippen LogP contribution in [-0.4, -0.2) is 25.2 Å². The molecule has 0 spiro atoms. The minimum Gasteiger partial charge on any atom is -0.341 e. The highest BCUT2D eigenvalue weighted by Crippen LogP contribution is 2.27. The highest BCUT2D eigenvalue weighted by atomic mass is 35.5. The van der Waals surface area contributed by atoms with Crippen molar-refractivity contribution < 1.29 is 0 Å². The average molecular weight is 229 g/mol. The Kier molecular flexibility index (Phi) is 2.60. The van der Waals surface area contributed by atoms with Crippen LogP contribution >= 0.6 is 23.4 Å². The van der Waals surface area contributed by atoms with E-state index in [0.29, 0.717) is 10.9 Å². The molecule has 2 rings (SSSR count). The molecule has 74 valence electrons. The largest absolute Gasteiger partial charge is 0.341 e. The highest BCUT2D eigenvalue weighted by Gasteiger charge is 2.10. The number of hydrogen-bond acceptors (Lipinski definition) is 4. The number of imidazole rings is 1. The smallest absolute Gasteiger partial charge is 0.225 e. The number of rotatable bonds is 2. The summed E-state index contributed by atoms with van der Waals surface area (Å²) in [6, 6.07) is 0. The second-order valence-electron chi connectivity index (χ2n) is 3.07. The van der Waals surface area contributed by atoms with Crippen molar-refractivity contribution in [3.63, 3.8) is 0 Å². The molecular weight excluding hydrogens is 220 g/mol. The van der Waals surface area contributed by atoms with Crippen LogP contribution in [0.5, 0.6) is 0 Å². The van der Waals surface area contributed by atoms with E-state index in [-0.39, 0.29) is 5.28 Å². The third-order valence-electron chi connectivity index (χ3n) is 1.57. The van der Waals surface area contributed by atoms with Gasteiger partial charge in [0.1, 0.15) is 10.5 Å². The van der Waals surface area contributed by atoms with E-state index in [9.17, 15) is 0 Å². The van der Waals surface area contributed by atoms with Gasteiger partial charge in [0.15, 0.2) is 5.65 Å². The minimum absolute atomic E-state index is 0.243. The van der Waals surface area contributed by atoms with Crippen molar-refractivity contribution in [2.75, 3.05) is 0 Å². The maximum absolute atomic E-state index is 5.77. The first-order valence-corrected chi connectivity index (χ1v) is 5.46. The van der Waals surface area contributed by atoms with E-state index in [1.54, 1.807) is 18.1 Å². The lowest BCUT2D eigenvalue weighted by Gasteiger charge is -2.04. The molecule has 0 saturated carbocycles. The van der Waals surface area contributed by atoms with E-state index in [0.717, 1.165) is 10.5 Å². The van der Waals surface area contributed by atoms with Gasteiger partial charge in [-0.15, -0.1) is 11.8 Å². The van der Waals surface area contributed by atoms with E-state index < -0.39 is 0 Å². The maximum atomic E-state index is 5.77. The molecule has 14 heavy (non-hydrogen) atoms. The summed E-state index contributed by atoms with van der Waals surface area (Å²) in [5.41, 5.74) is 1.47. The lowest BCUT2D eigenvalue weighted by molar-refractivity contribution is 1.05. The molecule has 0 bridgehead atoms. The number of fused-ring (bicyclic) bond motifs is 1. The molecule has 4 nitrogen and oxygen atoms in total. The van der Waals surface area contributed by atoms with Crippen LogP contribution in [0.25, 0.3) is 11.2 Å². The maximum Gasteiger partial charge on any atom is 0.225 e. The Balaban J connectivity index is 2.55.